The molecule has 2 aliphatic carbocycles. The zero-order valence-electron chi connectivity index (χ0n) is 26.9. The van der Waals surface area contributed by atoms with Crippen molar-refractivity contribution in [2.45, 2.75) is 25.3 Å². The smallest absolute Gasteiger partial charge is 0.235 e. The highest BCUT2D eigenvalue weighted by molar-refractivity contribution is 6.28. The minimum Gasteiger partial charge on any atom is -0.318 e. The van der Waals surface area contributed by atoms with Crippen LogP contribution in [0.2, 0.25) is 0 Å². The van der Waals surface area contributed by atoms with Crippen LogP contribution in [0.15, 0.2) is 152 Å². The van der Waals surface area contributed by atoms with Crippen LogP contribution in [0, 0.1) is 0 Å². The van der Waals surface area contributed by atoms with Gasteiger partial charge < -0.3 is 9.13 Å². The van der Waals surface area contributed by atoms with Gasteiger partial charge in [0.25, 0.3) is 0 Å². The van der Waals surface area contributed by atoms with E-state index in [0.717, 1.165) is 0 Å². The monoisotopic (exact) mass is 614 g/mol. The van der Waals surface area contributed by atoms with Crippen LogP contribution in [0.3, 0.4) is 0 Å². The third-order valence-electron chi connectivity index (χ3n) is 11.2. The van der Waals surface area contributed by atoms with Gasteiger partial charge in [0.1, 0.15) is 11.6 Å². The number of hydrogen-bond acceptors (Lipinski definition) is 0. The fourth-order valence-electron chi connectivity index (χ4n) is 9.14. The van der Waals surface area contributed by atoms with Crippen LogP contribution >= 0.6 is 0 Å². The van der Waals surface area contributed by atoms with Gasteiger partial charge in [0.05, 0.1) is 16.6 Å². The highest BCUT2D eigenvalue weighted by Gasteiger charge is 2.39. The van der Waals surface area contributed by atoms with Crippen molar-refractivity contribution < 1.29 is 0 Å². The van der Waals surface area contributed by atoms with Gasteiger partial charge in [0.15, 0.2) is 0 Å². The molecule has 0 saturated carbocycles. The quantitative estimate of drug-likeness (QED) is 0.172. The van der Waals surface area contributed by atoms with Crippen molar-refractivity contribution in [3.63, 3.8) is 0 Å². The molecule has 3 aliphatic rings. The molecular weight excluding hydrogens is 583 g/mol. The molecule has 48 heavy (non-hydrogen) atoms. The molecule has 0 N–H and O–H groups in total. The van der Waals surface area contributed by atoms with Crippen LogP contribution in [0.1, 0.15) is 31.0 Å². The Morgan fingerprint density at radius 1 is 0.604 bits per heavy atom. The summed E-state index contributed by atoms with van der Waals surface area (Å²) in [6.45, 7) is 4.74. The van der Waals surface area contributed by atoms with E-state index in [4.69, 9.17) is 0 Å². The lowest BCUT2D eigenvalue weighted by atomic mass is 9.82. The van der Waals surface area contributed by atoms with Crippen LogP contribution in [-0.4, -0.2) is 14.8 Å². The second-order valence-corrected chi connectivity index (χ2v) is 13.9. The first-order valence-corrected chi connectivity index (χ1v) is 16.9. The van der Waals surface area contributed by atoms with Gasteiger partial charge in [-0.3, -0.25) is 0 Å². The summed E-state index contributed by atoms with van der Waals surface area (Å²) in [7, 11) is 0. The minimum atomic E-state index is -0.0757. The Labute approximate surface area is 278 Å². The number of hydrogen-bond donors (Lipinski definition) is 0. The molecule has 8 aromatic rings. The average molecular weight is 615 g/mol. The Bertz CT molecular complexity index is 2800. The van der Waals surface area contributed by atoms with Crippen molar-refractivity contribution in [1.82, 2.24) is 13.7 Å². The predicted octanol–water partition coefficient (Wildman–Crippen LogP) is 11.2. The Morgan fingerprint density at radius 2 is 1.40 bits per heavy atom. The lowest BCUT2D eigenvalue weighted by Crippen LogP contribution is -2.30. The number of fused-ring (bicyclic) bond motifs is 12. The summed E-state index contributed by atoms with van der Waals surface area (Å²) >= 11 is 0. The summed E-state index contributed by atoms with van der Waals surface area (Å²) < 4.78 is 7.58. The SMILES string of the molecule is CC1(C)c2ccccc2-c2ccc(-n3c4ccccc4c4ccc5c(c6cccc7c6n5C5C=CC=CC5=[N+]7c5ccccc5)c43)cc21. The van der Waals surface area contributed by atoms with E-state index in [1.807, 2.05) is 0 Å². The Kier molecular flexibility index (Phi) is 4.97. The molecule has 2 aromatic heterocycles. The third-order valence-corrected chi connectivity index (χ3v) is 11.2. The van der Waals surface area contributed by atoms with Gasteiger partial charge in [0, 0.05) is 56.9 Å². The summed E-state index contributed by atoms with van der Waals surface area (Å²) in [6, 6.07) is 47.4. The van der Waals surface area contributed by atoms with Gasteiger partial charge in [-0.2, -0.15) is 4.58 Å². The maximum atomic E-state index is 2.58. The molecule has 226 valence electrons. The molecular formula is C45H32N3+. The number of benzene rings is 6. The molecule has 1 aliphatic heterocycles. The van der Waals surface area contributed by atoms with Gasteiger partial charge in [-0.25, -0.2) is 0 Å². The third kappa shape index (κ3) is 3.16. The molecule has 0 fully saturated rings. The van der Waals surface area contributed by atoms with Crippen molar-refractivity contribution in [2.24, 2.45) is 0 Å². The summed E-state index contributed by atoms with van der Waals surface area (Å²) in [4.78, 5) is 0. The van der Waals surface area contributed by atoms with E-state index in [-0.39, 0.29) is 11.5 Å². The van der Waals surface area contributed by atoms with Gasteiger partial charge >= 0.3 is 0 Å². The number of aromatic nitrogens is 2. The van der Waals surface area contributed by atoms with Crippen LogP contribution in [0.5, 0.6) is 0 Å². The van der Waals surface area contributed by atoms with E-state index in [9.17, 15) is 0 Å². The van der Waals surface area contributed by atoms with Gasteiger partial charge in [-0.15, -0.1) is 0 Å². The summed E-state index contributed by atoms with van der Waals surface area (Å²) in [5.41, 5.74) is 15.3. The Morgan fingerprint density at radius 3 is 2.31 bits per heavy atom. The molecule has 0 bridgehead atoms. The summed E-state index contributed by atoms with van der Waals surface area (Å²) in [5, 5.41) is 5.16. The second-order valence-electron chi connectivity index (χ2n) is 13.9. The van der Waals surface area contributed by atoms with Gasteiger partial charge in [0.2, 0.25) is 17.1 Å². The predicted molar refractivity (Wildman–Crippen MR) is 202 cm³/mol. The number of para-hydroxylation sites is 3. The molecule has 1 unspecified atom stereocenters. The van der Waals surface area contributed by atoms with Crippen LogP contribution < -0.4 is 4.58 Å². The van der Waals surface area contributed by atoms with Gasteiger partial charge in [-0.05, 0) is 46.5 Å². The van der Waals surface area contributed by atoms with E-state index < -0.39 is 0 Å². The number of rotatable bonds is 2. The molecule has 3 heterocycles. The topological polar surface area (TPSA) is 12.9 Å². The average Bonchev–Trinajstić information content (AvgIpc) is 3.73. The molecule has 11 rings (SSSR count). The van der Waals surface area contributed by atoms with E-state index in [0.29, 0.717) is 0 Å². The summed E-state index contributed by atoms with van der Waals surface area (Å²) in [6.07, 6.45) is 9.00. The fourth-order valence-corrected chi connectivity index (χ4v) is 9.14. The van der Waals surface area contributed by atoms with E-state index in [1.165, 1.54) is 88.6 Å². The fraction of sp³-hybridized carbons (Fsp3) is 0.0889. The largest absolute Gasteiger partial charge is 0.318 e. The molecule has 3 nitrogen and oxygen atoms in total. The minimum absolute atomic E-state index is 0.0757. The van der Waals surface area contributed by atoms with E-state index >= 15 is 0 Å². The lowest BCUT2D eigenvalue weighted by Gasteiger charge is -2.24. The highest BCUT2D eigenvalue weighted by Crippen LogP contribution is 2.51. The standard InChI is InChI=1S/C45H32N3/c1-45(2)35-18-8-6-15-30(35)31-24-23-29(27-36(31)45)47-37-19-9-7-16-32(37)33-25-26-40-42(44(33)47)34-17-12-22-41-43(34)48(40)39-21-11-10-20-38(39)46(41)28-13-4-3-5-14-28/h3-27,39H,1-2H3/q+1. The lowest BCUT2D eigenvalue weighted by molar-refractivity contribution is 0.660. The molecule has 0 saturated heterocycles. The maximum absolute atomic E-state index is 2.58. The number of allylic oxidation sites excluding steroid dienone is 4. The normalized spacial score (nSPS) is 17.1. The van der Waals surface area contributed by atoms with Crippen molar-refractivity contribution in [3.05, 3.63) is 163 Å². The summed E-state index contributed by atoms with van der Waals surface area (Å²) in [5.74, 6) is 0. The molecule has 3 heteroatoms. The first-order valence-electron chi connectivity index (χ1n) is 16.9. The molecule has 1 atom stereocenters. The molecule has 6 aromatic carbocycles. The van der Waals surface area contributed by atoms with Crippen molar-refractivity contribution in [1.29, 1.82) is 0 Å². The molecule has 0 amide bonds. The maximum Gasteiger partial charge on any atom is 0.235 e. The first-order chi connectivity index (χ1) is 23.6. The van der Waals surface area contributed by atoms with Crippen molar-refractivity contribution in [2.75, 3.05) is 0 Å². The van der Waals surface area contributed by atoms with Crippen molar-refractivity contribution >= 4 is 60.7 Å². The molecule has 0 spiro atoms. The highest BCUT2D eigenvalue weighted by atomic mass is 15.2. The van der Waals surface area contributed by atoms with E-state index in [2.05, 4.69) is 179 Å². The van der Waals surface area contributed by atoms with Crippen LogP contribution in [-0.2, 0) is 5.41 Å². The first kappa shape index (κ1) is 26.2. The van der Waals surface area contributed by atoms with Gasteiger partial charge in [-0.1, -0.05) is 117 Å². The Hall–Kier alpha value is -5.93. The zero-order valence-corrected chi connectivity index (χ0v) is 26.9. The zero-order chi connectivity index (χ0) is 31.7. The van der Waals surface area contributed by atoms with Crippen LogP contribution in [0.4, 0.5) is 11.4 Å². The van der Waals surface area contributed by atoms with Crippen molar-refractivity contribution in [3.8, 4) is 16.8 Å². The number of nitrogens with zero attached hydrogens (tertiary/aromatic N) is 3. The Balaban J connectivity index is 1.27. The second kappa shape index (κ2) is 9.11. The molecule has 0 radical (unpaired) electrons. The van der Waals surface area contributed by atoms with Crippen LogP contribution in [0.25, 0.3) is 60.4 Å². The van der Waals surface area contributed by atoms with E-state index in [1.54, 1.807) is 0 Å².